The Labute approximate surface area is 715 Å². The van der Waals surface area contributed by atoms with Crippen LogP contribution in [0.3, 0.4) is 0 Å². The second-order valence-electron chi connectivity index (χ2n) is 33.3. The van der Waals surface area contributed by atoms with E-state index in [1.165, 1.54) is 470 Å². The fourth-order valence-electron chi connectivity index (χ4n) is 15.3. The smallest absolute Gasteiger partial charge is 0.232 e. The summed E-state index contributed by atoms with van der Waals surface area (Å²) in [6, 6.07) is 18.7. The number of unbranched alkanes of at least 4 members (excludes halogenated alkanes) is 60. The van der Waals surface area contributed by atoms with Crippen LogP contribution in [0.5, 0.6) is 0 Å². The van der Waals surface area contributed by atoms with Gasteiger partial charge in [-0.2, -0.15) is 15.0 Å². The van der Waals surface area contributed by atoms with E-state index in [1.54, 1.807) is 0 Å². The average Bonchev–Trinajstić information content (AvgIpc) is 0.814. The maximum atomic E-state index is 5.42. The van der Waals surface area contributed by atoms with Crippen LogP contribution in [0.4, 0.5) is 23.3 Å². The zero-order valence-electron chi connectivity index (χ0n) is 73.8. The van der Waals surface area contributed by atoms with Crippen molar-refractivity contribution in [3.8, 4) is 11.4 Å². The van der Waals surface area contributed by atoms with E-state index in [4.69, 9.17) is 15.0 Å². The molecule has 0 radical (unpaired) electrons. The molecule has 4 aromatic rings. The first-order chi connectivity index (χ1) is 54.9. The molecule has 0 unspecified atom stereocenters. The van der Waals surface area contributed by atoms with E-state index in [9.17, 15) is 0 Å². The molecule has 0 saturated carbocycles. The number of hydrogen-bond donors (Lipinski definition) is 2. The topological polar surface area (TPSA) is 62.7 Å². The standard InChI is InChI=1S/C100H175N5S6/c1-8-14-20-26-32-38-44-50-56-62-68-78-106-92-84-90(85-93(107-79-69-63-57-51-45-39-33-27-21-15-9-2)96(92)110-82-72-66-60-54-48-42-36-30-24-18-12-5)101-99-103-98(89-76-74-88(7)75-77-89)104-100(105-99)102-91-86-94(108-80-70-64-58-52-46-40-34-28-22-16-10-3)97(111-83-73-67-61-55-49-43-37-31-25-19-13-6)95(87-91)109-81-71-65-59-53-47-41-35-29-23-17-11-4/h74-77,84-87H,8-73,78-83H2,1-7H3,(H2,101,102,103,104,105). The minimum Gasteiger partial charge on any atom is -0.324 e. The largest absolute Gasteiger partial charge is 0.324 e. The quantitative estimate of drug-likeness (QED) is 0.0328. The van der Waals surface area contributed by atoms with Crippen molar-refractivity contribution in [1.29, 1.82) is 0 Å². The van der Waals surface area contributed by atoms with Crippen LogP contribution in [-0.4, -0.2) is 49.5 Å². The van der Waals surface area contributed by atoms with Crippen LogP contribution in [0.25, 0.3) is 11.4 Å². The summed E-state index contributed by atoms with van der Waals surface area (Å²) in [4.78, 5) is 24.9. The molecule has 1 heterocycles. The Balaban J connectivity index is 1.72. The molecule has 0 saturated heterocycles. The number of hydrogen-bond acceptors (Lipinski definition) is 11. The maximum Gasteiger partial charge on any atom is 0.232 e. The van der Waals surface area contributed by atoms with Crippen LogP contribution in [0.1, 0.15) is 471 Å². The van der Waals surface area contributed by atoms with E-state index in [1.807, 2.05) is 0 Å². The summed E-state index contributed by atoms with van der Waals surface area (Å²) in [5, 5.41) is 7.87. The van der Waals surface area contributed by atoms with Crippen molar-refractivity contribution in [1.82, 2.24) is 15.0 Å². The molecule has 0 amide bonds. The lowest BCUT2D eigenvalue weighted by Gasteiger charge is -2.19. The van der Waals surface area contributed by atoms with Crippen molar-refractivity contribution in [3.05, 3.63) is 54.1 Å². The third-order valence-corrected chi connectivity index (χ3v) is 30.0. The van der Waals surface area contributed by atoms with Gasteiger partial charge < -0.3 is 10.6 Å². The molecule has 4 rings (SSSR count). The molecular weight excluding hydrogens is 1460 g/mol. The monoisotopic (exact) mass is 1640 g/mol. The molecule has 0 aliphatic heterocycles. The Hall–Kier alpha value is -1.63. The predicted octanol–water partition coefficient (Wildman–Crippen LogP) is 37.8. The van der Waals surface area contributed by atoms with Crippen molar-refractivity contribution in [2.45, 2.75) is 502 Å². The lowest BCUT2D eigenvalue weighted by atomic mass is 10.1. The number of nitrogens with zero attached hydrogens (tertiary/aromatic N) is 3. The zero-order chi connectivity index (χ0) is 78.9. The molecule has 636 valence electrons. The summed E-state index contributed by atoms with van der Waals surface area (Å²) in [7, 11) is 0. The first kappa shape index (κ1) is 102. The van der Waals surface area contributed by atoms with E-state index < -0.39 is 0 Å². The van der Waals surface area contributed by atoms with Gasteiger partial charge in [0.1, 0.15) is 0 Å². The molecule has 1 aromatic heterocycles. The highest BCUT2D eigenvalue weighted by atomic mass is 32.2. The molecule has 0 aliphatic carbocycles. The number of nitrogens with one attached hydrogen (secondary N) is 2. The van der Waals surface area contributed by atoms with Gasteiger partial charge in [0.25, 0.3) is 0 Å². The van der Waals surface area contributed by atoms with Crippen molar-refractivity contribution < 1.29 is 0 Å². The summed E-state index contributed by atoms with van der Waals surface area (Å²) >= 11 is 12.8. The molecule has 0 spiro atoms. The van der Waals surface area contributed by atoms with Crippen molar-refractivity contribution >= 4 is 93.8 Å². The number of anilines is 4. The van der Waals surface area contributed by atoms with Gasteiger partial charge in [-0.25, -0.2) is 0 Å². The maximum absolute atomic E-state index is 5.42. The third-order valence-electron chi connectivity index (χ3n) is 22.5. The van der Waals surface area contributed by atoms with Crippen LogP contribution in [0.15, 0.2) is 77.9 Å². The van der Waals surface area contributed by atoms with E-state index in [0.717, 1.165) is 39.9 Å². The summed E-state index contributed by atoms with van der Waals surface area (Å²) in [6.07, 6.45) is 90.9. The van der Waals surface area contributed by atoms with Crippen LogP contribution in [0, 0.1) is 6.92 Å². The van der Waals surface area contributed by atoms with Gasteiger partial charge in [-0.3, -0.25) is 0 Å². The van der Waals surface area contributed by atoms with Gasteiger partial charge in [-0.15, -0.1) is 70.6 Å². The highest BCUT2D eigenvalue weighted by Crippen LogP contribution is 2.45. The van der Waals surface area contributed by atoms with Gasteiger partial charge in [0.05, 0.1) is 0 Å². The second kappa shape index (κ2) is 75.8. The fraction of sp³-hybridized carbons (Fsp3) is 0.790. The summed E-state index contributed by atoms with van der Waals surface area (Å²) in [5.74, 6) is 8.88. The lowest BCUT2D eigenvalue weighted by molar-refractivity contribution is 0.555. The van der Waals surface area contributed by atoms with Crippen LogP contribution < -0.4 is 10.6 Å². The highest BCUT2D eigenvalue weighted by Gasteiger charge is 2.19. The molecular formula is C100H175N5S6. The molecule has 3 aromatic carbocycles. The Morgan fingerprint density at radius 1 is 0.216 bits per heavy atom. The van der Waals surface area contributed by atoms with Crippen molar-refractivity contribution in [2.24, 2.45) is 0 Å². The second-order valence-corrected chi connectivity index (χ2v) is 40.1. The van der Waals surface area contributed by atoms with E-state index in [0.29, 0.717) is 17.7 Å². The van der Waals surface area contributed by atoms with Crippen molar-refractivity contribution in [3.63, 3.8) is 0 Å². The fourth-order valence-corrected chi connectivity index (χ4v) is 22.8. The average molecular weight is 1640 g/mol. The number of benzene rings is 3. The molecule has 0 fully saturated rings. The molecule has 0 atom stereocenters. The first-order valence-corrected chi connectivity index (χ1v) is 54.3. The predicted molar refractivity (Wildman–Crippen MR) is 513 cm³/mol. The highest BCUT2D eigenvalue weighted by molar-refractivity contribution is 8.04. The molecule has 2 N–H and O–H groups in total. The van der Waals surface area contributed by atoms with E-state index >= 15 is 0 Å². The Kier molecular flexibility index (Phi) is 69.5. The Morgan fingerprint density at radius 3 is 0.595 bits per heavy atom. The molecule has 0 aliphatic rings. The molecule has 0 bridgehead atoms. The van der Waals surface area contributed by atoms with Gasteiger partial charge in [0, 0.05) is 46.3 Å². The van der Waals surface area contributed by atoms with Gasteiger partial charge in [-0.1, -0.05) is 457 Å². The van der Waals surface area contributed by atoms with Gasteiger partial charge in [-0.05, 0) is 104 Å². The lowest BCUT2D eigenvalue weighted by Crippen LogP contribution is -2.06. The number of thioether (sulfide) groups is 6. The number of aromatic nitrogens is 3. The third kappa shape index (κ3) is 55.7. The van der Waals surface area contributed by atoms with Crippen molar-refractivity contribution in [2.75, 3.05) is 45.2 Å². The first-order valence-electron chi connectivity index (χ1n) is 48.4. The zero-order valence-corrected chi connectivity index (χ0v) is 78.7. The van der Waals surface area contributed by atoms with Gasteiger partial charge in [0.2, 0.25) is 11.9 Å². The Bertz CT molecular complexity index is 2450. The number of aryl methyl sites for hydroxylation is 1. The SMILES string of the molecule is CCCCCCCCCCCCCSc1cc(Nc2nc(Nc3cc(SCCCCCCCCCCCCC)c(SCCCCCCCCCCCCC)c(SCCCCCCCCCCCCC)c3)nc(-c3ccc(C)cc3)n2)cc(SCCCCCCCCCCCCC)c1SCCCCCCCCCCCCC. The normalized spacial score (nSPS) is 11.7. The summed E-state index contributed by atoms with van der Waals surface area (Å²) in [6.45, 7) is 16.2. The molecule has 111 heavy (non-hydrogen) atoms. The van der Waals surface area contributed by atoms with E-state index in [-0.39, 0.29) is 0 Å². The van der Waals surface area contributed by atoms with Gasteiger partial charge >= 0.3 is 0 Å². The summed E-state index contributed by atoms with van der Waals surface area (Å²) in [5.41, 5.74) is 4.42. The van der Waals surface area contributed by atoms with Gasteiger partial charge in [0.15, 0.2) is 5.82 Å². The minimum atomic E-state index is 0.600. The minimum absolute atomic E-state index is 0.600. The van der Waals surface area contributed by atoms with Crippen LogP contribution in [0.2, 0.25) is 0 Å². The van der Waals surface area contributed by atoms with Crippen LogP contribution in [-0.2, 0) is 0 Å². The summed E-state index contributed by atoms with van der Waals surface area (Å²) < 4.78 is 0. The Morgan fingerprint density at radius 2 is 0.396 bits per heavy atom. The number of rotatable bonds is 83. The van der Waals surface area contributed by atoms with Crippen LogP contribution >= 0.6 is 70.6 Å². The molecule has 5 nitrogen and oxygen atoms in total. The van der Waals surface area contributed by atoms with E-state index in [2.05, 4.69) is 178 Å². The molecule has 11 heteroatoms.